The summed E-state index contributed by atoms with van der Waals surface area (Å²) in [7, 11) is 3.51. The van der Waals surface area contributed by atoms with Gasteiger partial charge in [0.1, 0.15) is 0 Å². The summed E-state index contributed by atoms with van der Waals surface area (Å²) in [4.78, 5) is 63.9. The number of Topliss-reactive ketones (excluding diaryl/α,β-unsaturated/α-hetero) is 1. The summed E-state index contributed by atoms with van der Waals surface area (Å²) in [5.41, 5.74) is 8.61. The molecular weight excluding hydrogens is 613 g/mol. The van der Waals surface area contributed by atoms with Crippen LogP contribution in [0.2, 0.25) is 0 Å². The number of nitrogens with two attached hydrogens (primary N) is 1. The molecule has 11 nitrogen and oxygen atoms in total. The fourth-order valence-corrected chi connectivity index (χ4v) is 6.64. The first-order chi connectivity index (χ1) is 21.4. The van der Waals surface area contributed by atoms with Crippen LogP contribution in [-0.4, -0.2) is 60.2 Å². The van der Waals surface area contributed by atoms with Crippen LogP contribution in [0.25, 0.3) is 11.2 Å². The van der Waals surface area contributed by atoms with Crippen LogP contribution in [0.4, 0.5) is 5.95 Å². The first-order valence-electron chi connectivity index (χ1n) is 15.0. The molecule has 3 rings (SSSR count). The number of carbonyl (C=O) groups is 3. The predicted octanol–water partition coefficient (Wildman–Crippen LogP) is 5.01. The summed E-state index contributed by atoms with van der Waals surface area (Å²) in [5.74, 6) is -1.32. The Kier molecular flexibility index (Phi) is 14.1. The largest absolute Gasteiger partial charge is 0.481 e. The summed E-state index contributed by atoms with van der Waals surface area (Å²) >= 11 is 0. The molecule has 1 unspecified atom stereocenters. The Labute approximate surface area is 271 Å². The number of nitrogen functional groups attached to an aromatic ring is 1. The number of carboxylic acids is 1. The molecule has 0 aliphatic carbocycles. The van der Waals surface area contributed by atoms with E-state index in [1.165, 1.54) is 5.57 Å². The normalized spacial score (nSPS) is 12.6. The number of hydrogen-bond donors (Lipinski definition) is 4. The van der Waals surface area contributed by atoms with Gasteiger partial charge in [0, 0.05) is 36.0 Å². The number of rotatable bonds is 19. The zero-order valence-electron chi connectivity index (χ0n) is 26.0. The molecule has 1 amide bonds. The van der Waals surface area contributed by atoms with Crippen LogP contribution in [0.3, 0.4) is 0 Å². The minimum absolute atomic E-state index is 0.0234. The molecule has 0 radical (unpaired) electrons. The summed E-state index contributed by atoms with van der Waals surface area (Å²) < 4.78 is 0. The number of benzene rings is 1. The van der Waals surface area contributed by atoms with Gasteiger partial charge in [-0.1, -0.05) is 78.8 Å². The van der Waals surface area contributed by atoms with Crippen LogP contribution >= 0.6 is 21.6 Å². The monoisotopic (exact) mass is 654 g/mol. The second-order valence-electron chi connectivity index (χ2n) is 11.3. The van der Waals surface area contributed by atoms with Crippen LogP contribution in [0.1, 0.15) is 74.5 Å². The van der Waals surface area contributed by atoms with Crippen LogP contribution in [0, 0.1) is 11.8 Å². The Morgan fingerprint density at radius 1 is 1.07 bits per heavy atom. The SMILES string of the molecule is C=C(CCC(C)SSCCNC(=O)CC[C@H](CC(=O)c1ccc(CCc2cnc3nc(N)[nH]c(=O)c3n2)cc1)C(=O)O)C(C)C. The molecule has 242 valence electrons. The fraction of sp³-hybridized carbons (Fsp3) is 0.469. The minimum Gasteiger partial charge on any atom is -0.481 e. The first-order valence-corrected chi connectivity index (χ1v) is 17.4. The van der Waals surface area contributed by atoms with E-state index in [2.05, 4.69) is 52.6 Å². The Hall–Kier alpha value is -3.71. The average Bonchev–Trinajstić information content (AvgIpc) is 3.00. The van der Waals surface area contributed by atoms with Gasteiger partial charge in [0.2, 0.25) is 11.9 Å². The number of aryl methyl sites for hydroxylation is 2. The molecule has 3 aromatic rings. The molecule has 13 heteroatoms. The number of aromatic amines is 1. The minimum atomic E-state index is -1.10. The molecule has 0 bridgehead atoms. The number of carbonyl (C=O) groups excluding carboxylic acids is 2. The summed E-state index contributed by atoms with van der Waals surface area (Å²) in [6, 6.07) is 6.95. The van der Waals surface area contributed by atoms with Crippen molar-refractivity contribution in [1.82, 2.24) is 25.3 Å². The van der Waals surface area contributed by atoms with E-state index in [1.807, 2.05) is 0 Å². The highest BCUT2D eigenvalue weighted by Gasteiger charge is 2.23. The molecule has 0 saturated carbocycles. The van der Waals surface area contributed by atoms with E-state index in [1.54, 1.807) is 52.1 Å². The highest BCUT2D eigenvalue weighted by Crippen LogP contribution is 2.30. The molecule has 5 N–H and O–H groups in total. The standard InChI is InChI=1S/C32H42N6O5S2/c1-19(2)20(3)5-6-21(4)45-44-16-15-34-27(40)14-12-24(31(42)43)17-26(39)23-10-7-22(8-11-23)9-13-25-18-35-29-28(36-25)30(41)38-32(33)37-29/h7-8,10-11,18-19,21,24H,3,5-6,9,12-17H2,1-2,4H3,(H,34,40)(H,42,43)(H3,33,35,37,38,41)/t21?,24-/m1/s1. The lowest BCUT2D eigenvalue weighted by Crippen LogP contribution is -2.27. The quantitative estimate of drug-likeness (QED) is 0.0590. The lowest BCUT2D eigenvalue weighted by Gasteiger charge is -2.14. The summed E-state index contributed by atoms with van der Waals surface area (Å²) in [6.07, 6.45) is 4.68. The van der Waals surface area contributed by atoms with Gasteiger partial charge in [-0.3, -0.25) is 24.2 Å². The van der Waals surface area contributed by atoms with E-state index < -0.39 is 17.4 Å². The zero-order chi connectivity index (χ0) is 32.9. The van der Waals surface area contributed by atoms with Gasteiger partial charge >= 0.3 is 5.97 Å². The van der Waals surface area contributed by atoms with Gasteiger partial charge in [-0.25, -0.2) is 9.97 Å². The summed E-state index contributed by atoms with van der Waals surface area (Å²) in [5, 5.41) is 13.0. The van der Waals surface area contributed by atoms with Crippen molar-refractivity contribution >= 4 is 56.4 Å². The smallest absolute Gasteiger partial charge is 0.306 e. The van der Waals surface area contributed by atoms with Crippen LogP contribution in [0.5, 0.6) is 0 Å². The van der Waals surface area contributed by atoms with E-state index in [9.17, 15) is 24.3 Å². The molecule has 1 aromatic carbocycles. The molecule has 2 heterocycles. The van der Waals surface area contributed by atoms with Crippen molar-refractivity contribution in [3.63, 3.8) is 0 Å². The van der Waals surface area contributed by atoms with Crippen LogP contribution < -0.4 is 16.6 Å². The van der Waals surface area contributed by atoms with E-state index in [0.29, 0.717) is 41.8 Å². The lowest BCUT2D eigenvalue weighted by atomic mass is 9.93. The Morgan fingerprint density at radius 3 is 2.49 bits per heavy atom. The van der Waals surface area contributed by atoms with Gasteiger partial charge in [0.15, 0.2) is 16.9 Å². The Morgan fingerprint density at radius 2 is 1.80 bits per heavy atom. The third-order valence-electron chi connectivity index (χ3n) is 7.36. The maximum atomic E-state index is 12.9. The number of H-pyrrole nitrogens is 1. The van der Waals surface area contributed by atoms with Crippen molar-refractivity contribution in [2.75, 3.05) is 18.0 Å². The molecule has 0 fully saturated rings. The number of hydrogen-bond acceptors (Lipinski definition) is 10. The van der Waals surface area contributed by atoms with Gasteiger partial charge < -0.3 is 16.2 Å². The number of aliphatic carboxylic acids is 1. The van der Waals surface area contributed by atoms with Crippen molar-refractivity contribution in [3.05, 3.63) is 69.8 Å². The van der Waals surface area contributed by atoms with Gasteiger partial charge in [-0.15, -0.1) is 0 Å². The number of aromatic nitrogens is 4. The van der Waals surface area contributed by atoms with Crippen molar-refractivity contribution in [2.45, 2.75) is 71.0 Å². The van der Waals surface area contributed by atoms with Crippen LogP contribution in [-0.2, 0) is 22.4 Å². The third kappa shape index (κ3) is 12.0. The van der Waals surface area contributed by atoms with Crippen molar-refractivity contribution < 1.29 is 19.5 Å². The molecule has 45 heavy (non-hydrogen) atoms. The van der Waals surface area contributed by atoms with Crippen molar-refractivity contribution in [1.29, 1.82) is 0 Å². The second-order valence-corrected chi connectivity index (χ2v) is 14.2. The number of carboxylic acid groups (broad SMARTS) is 1. The van der Waals surface area contributed by atoms with E-state index in [0.717, 1.165) is 24.2 Å². The Balaban J connectivity index is 1.38. The van der Waals surface area contributed by atoms with E-state index in [-0.39, 0.29) is 48.1 Å². The molecule has 2 atom stereocenters. The number of nitrogens with zero attached hydrogens (tertiary/aromatic N) is 3. The Bertz CT molecular complexity index is 1540. The maximum absolute atomic E-state index is 12.9. The topological polar surface area (TPSA) is 181 Å². The number of ketones is 1. The van der Waals surface area contributed by atoms with Gasteiger partial charge in [-0.05, 0) is 43.6 Å². The number of nitrogens with one attached hydrogen (secondary N) is 2. The third-order valence-corrected chi connectivity index (χ3v) is 10.3. The number of fused-ring (bicyclic) bond motifs is 1. The lowest BCUT2D eigenvalue weighted by molar-refractivity contribution is -0.142. The predicted molar refractivity (Wildman–Crippen MR) is 181 cm³/mol. The summed E-state index contributed by atoms with van der Waals surface area (Å²) in [6.45, 7) is 11.1. The maximum Gasteiger partial charge on any atom is 0.306 e. The highest BCUT2D eigenvalue weighted by molar-refractivity contribution is 8.76. The second kappa shape index (κ2) is 17.7. The molecule has 2 aromatic heterocycles. The van der Waals surface area contributed by atoms with Crippen LogP contribution in [0.15, 0.2) is 47.4 Å². The average molecular weight is 655 g/mol. The van der Waals surface area contributed by atoms with Crippen molar-refractivity contribution in [2.24, 2.45) is 11.8 Å². The van der Waals surface area contributed by atoms with Gasteiger partial charge in [0.25, 0.3) is 5.56 Å². The molecule has 0 aliphatic heterocycles. The highest BCUT2D eigenvalue weighted by atomic mass is 33.1. The number of anilines is 1. The first kappa shape index (κ1) is 35.8. The number of amides is 1. The molecule has 0 aliphatic rings. The van der Waals surface area contributed by atoms with Gasteiger partial charge in [-0.2, -0.15) is 4.98 Å². The zero-order valence-corrected chi connectivity index (χ0v) is 27.6. The molecule has 0 spiro atoms. The molecule has 0 saturated heterocycles. The van der Waals surface area contributed by atoms with E-state index in [4.69, 9.17) is 5.73 Å². The number of allylic oxidation sites excluding steroid dienone is 1. The fourth-order valence-electron chi connectivity index (χ4n) is 4.39. The van der Waals surface area contributed by atoms with Gasteiger partial charge in [0.05, 0.1) is 17.8 Å². The van der Waals surface area contributed by atoms with E-state index >= 15 is 0 Å². The molecular formula is C32H42N6O5S2. The van der Waals surface area contributed by atoms with Crippen molar-refractivity contribution in [3.8, 4) is 0 Å².